The van der Waals surface area contributed by atoms with Crippen molar-refractivity contribution >= 4 is 5.82 Å². The summed E-state index contributed by atoms with van der Waals surface area (Å²) in [6.45, 7) is 3.70. The molecule has 0 radical (unpaired) electrons. The van der Waals surface area contributed by atoms with Gasteiger partial charge in [0, 0.05) is 6.42 Å². The molecule has 0 atom stereocenters. The van der Waals surface area contributed by atoms with Gasteiger partial charge in [-0.25, -0.2) is 9.97 Å². The van der Waals surface area contributed by atoms with Crippen LogP contribution in [0.15, 0.2) is 0 Å². The summed E-state index contributed by atoms with van der Waals surface area (Å²) >= 11 is 0. The lowest BCUT2D eigenvalue weighted by Crippen LogP contribution is -2.04. The fourth-order valence-electron chi connectivity index (χ4n) is 0.951. The topological polar surface area (TPSA) is 75.6 Å². The predicted molar refractivity (Wildman–Crippen MR) is 45.3 cm³/mol. The van der Waals surface area contributed by atoms with Crippen molar-refractivity contribution in [1.29, 1.82) is 5.26 Å². The molecule has 1 aromatic heterocycles. The van der Waals surface area contributed by atoms with Crippen molar-refractivity contribution in [1.82, 2.24) is 9.97 Å². The summed E-state index contributed by atoms with van der Waals surface area (Å²) in [7, 11) is 0. The average Bonchev–Trinajstić information content (AvgIpc) is 2.03. The largest absolute Gasteiger partial charge is 0.382 e. The maximum absolute atomic E-state index is 8.65. The van der Waals surface area contributed by atoms with Crippen molar-refractivity contribution in [2.45, 2.75) is 20.3 Å². The zero-order valence-corrected chi connectivity index (χ0v) is 7.13. The highest BCUT2D eigenvalue weighted by Crippen LogP contribution is 2.10. The Morgan fingerprint density at radius 3 is 2.58 bits per heavy atom. The number of anilines is 1. The van der Waals surface area contributed by atoms with E-state index in [0.717, 1.165) is 6.42 Å². The number of rotatable bonds is 1. The van der Waals surface area contributed by atoms with Gasteiger partial charge in [0.1, 0.15) is 23.3 Å². The van der Waals surface area contributed by atoms with E-state index in [4.69, 9.17) is 11.0 Å². The number of aryl methyl sites for hydroxylation is 2. The van der Waals surface area contributed by atoms with E-state index in [1.807, 2.05) is 13.0 Å². The first-order valence-corrected chi connectivity index (χ1v) is 3.72. The summed E-state index contributed by atoms with van der Waals surface area (Å²) in [4.78, 5) is 8.08. The van der Waals surface area contributed by atoms with Gasteiger partial charge >= 0.3 is 0 Å². The molecule has 0 saturated heterocycles. The lowest BCUT2D eigenvalue weighted by Gasteiger charge is -2.02. The second-order valence-corrected chi connectivity index (χ2v) is 2.45. The van der Waals surface area contributed by atoms with Gasteiger partial charge in [-0.05, 0) is 6.92 Å². The maximum atomic E-state index is 8.65. The van der Waals surface area contributed by atoms with Crippen molar-refractivity contribution in [2.75, 3.05) is 5.73 Å². The van der Waals surface area contributed by atoms with Gasteiger partial charge in [-0.2, -0.15) is 5.26 Å². The lowest BCUT2D eigenvalue weighted by atomic mass is 10.2. The molecule has 4 nitrogen and oxygen atoms in total. The molecule has 0 aliphatic heterocycles. The standard InChI is InChI=1S/C8H10N4/c1-3-7-11-5(2)6(4-9)8(10)12-7/h3H2,1-2H3,(H2,10,11,12). The van der Waals surface area contributed by atoms with Crippen LogP contribution in [0.3, 0.4) is 0 Å². The van der Waals surface area contributed by atoms with E-state index in [9.17, 15) is 0 Å². The third-order valence-electron chi connectivity index (χ3n) is 1.59. The highest BCUT2D eigenvalue weighted by atomic mass is 14.9. The Morgan fingerprint density at radius 2 is 2.17 bits per heavy atom. The number of nitrogens with two attached hydrogens (primary N) is 1. The molecular weight excluding hydrogens is 152 g/mol. The van der Waals surface area contributed by atoms with Crippen LogP contribution in [0, 0.1) is 18.3 Å². The van der Waals surface area contributed by atoms with Crippen LogP contribution in [0.1, 0.15) is 24.0 Å². The van der Waals surface area contributed by atoms with Crippen LogP contribution in [-0.2, 0) is 6.42 Å². The second-order valence-electron chi connectivity index (χ2n) is 2.45. The Hall–Kier alpha value is -1.63. The Morgan fingerprint density at radius 1 is 1.50 bits per heavy atom. The van der Waals surface area contributed by atoms with E-state index < -0.39 is 0 Å². The summed E-state index contributed by atoms with van der Waals surface area (Å²) in [5.74, 6) is 0.964. The predicted octanol–water partition coefficient (Wildman–Crippen LogP) is 0.801. The van der Waals surface area contributed by atoms with Crippen LogP contribution < -0.4 is 5.73 Å². The van der Waals surface area contributed by atoms with Gasteiger partial charge < -0.3 is 5.73 Å². The molecule has 0 bridgehead atoms. The number of hydrogen-bond acceptors (Lipinski definition) is 4. The van der Waals surface area contributed by atoms with Crippen LogP contribution in [-0.4, -0.2) is 9.97 Å². The summed E-state index contributed by atoms with van der Waals surface area (Å²) in [5.41, 5.74) is 6.57. The van der Waals surface area contributed by atoms with Crippen molar-refractivity contribution in [3.63, 3.8) is 0 Å². The van der Waals surface area contributed by atoms with Gasteiger partial charge in [0.05, 0.1) is 5.69 Å². The number of nitrogen functional groups attached to an aromatic ring is 1. The summed E-state index contributed by atoms with van der Waals surface area (Å²) in [5, 5.41) is 8.65. The SMILES string of the molecule is CCc1nc(C)c(C#N)c(N)n1. The van der Waals surface area contributed by atoms with E-state index in [1.165, 1.54) is 0 Å². The van der Waals surface area contributed by atoms with Crippen molar-refractivity contribution in [3.8, 4) is 6.07 Å². The molecule has 0 unspecified atom stereocenters. The molecule has 0 aromatic carbocycles. The van der Waals surface area contributed by atoms with Crippen LogP contribution in [0.25, 0.3) is 0 Å². The summed E-state index contributed by atoms with van der Waals surface area (Å²) in [6.07, 6.45) is 0.733. The fraction of sp³-hybridized carbons (Fsp3) is 0.375. The highest BCUT2D eigenvalue weighted by Gasteiger charge is 2.06. The van der Waals surface area contributed by atoms with Crippen LogP contribution in [0.4, 0.5) is 5.82 Å². The van der Waals surface area contributed by atoms with E-state index in [-0.39, 0.29) is 5.82 Å². The first kappa shape index (κ1) is 8.47. The quantitative estimate of drug-likeness (QED) is 0.662. The minimum absolute atomic E-state index is 0.279. The van der Waals surface area contributed by atoms with E-state index in [1.54, 1.807) is 6.92 Å². The second kappa shape index (κ2) is 3.18. The van der Waals surface area contributed by atoms with Crippen molar-refractivity contribution in [3.05, 3.63) is 17.1 Å². The van der Waals surface area contributed by atoms with Gasteiger partial charge in [-0.3, -0.25) is 0 Å². The molecule has 0 aliphatic rings. The Bertz CT molecular complexity index is 314. The van der Waals surface area contributed by atoms with Crippen LogP contribution >= 0.6 is 0 Å². The Balaban J connectivity index is 3.30. The van der Waals surface area contributed by atoms with Gasteiger partial charge in [-0.15, -0.1) is 0 Å². The average molecular weight is 162 g/mol. The molecule has 0 amide bonds. The molecule has 2 N–H and O–H groups in total. The maximum Gasteiger partial charge on any atom is 0.145 e. The molecule has 1 heterocycles. The highest BCUT2D eigenvalue weighted by molar-refractivity contribution is 5.50. The molecular formula is C8H10N4. The number of nitrogens with zero attached hydrogens (tertiary/aromatic N) is 3. The van der Waals surface area contributed by atoms with E-state index in [2.05, 4.69) is 9.97 Å². The smallest absolute Gasteiger partial charge is 0.145 e. The third-order valence-corrected chi connectivity index (χ3v) is 1.59. The fourth-order valence-corrected chi connectivity index (χ4v) is 0.951. The summed E-state index contributed by atoms with van der Waals surface area (Å²) < 4.78 is 0. The van der Waals surface area contributed by atoms with Crippen LogP contribution in [0.2, 0.25) is 0 Å². The summed E-state index contributed by atoms with van der Waals surface area (Å²) in [6, 6.07) is 1.96. The Kier molecular flexibility index (Phi) is 2.24. The molecule has 12 heavy (non-hydrogen) atoms. The number of aromatic nitrogens is 2. The first-order chi connectivity index (χ1) is 5.69. The molecule has 4 heteroatoms. The monoisotopic (exact) mass is 162 g/mol. The van der Waals surface area contributed by atoms with Gasteiger partial charge in [-0.1, -0.05) is 6.92 Å². The van der Waals surface area contributed by atoms with Gasteiger partial charge in [0.2, 0.25) is 0 Å². The molecule has 1 rings (SSSR count). The van der Waals surface area contributed by atoms with E-state index in [0.29, 0.717) is 17.1 Å². The molecule has 0 saturated carbocycles. The third kappa shape index (κ3) is 1.35. The zero-order valence-electron chi connectivity index (χ0n) is 7.13. The van der Waals surface area contributed by atoms with Crippen molar-refractivity contribution in [2.24, 2.45) is 0 Å². The van der Waals surface area contributed by atoms with Gasteiger partial charge in [0.15, 0.2) is 0 Å². The minimum Gasteiger partial charge on any atom is -0.382 e. The zero-order chi connectivity index (χ0) is 9.14. The minimum atomic E-state index is 0.279. The lowest BCUT2D eigenvalue weighted by molar-refractivity contribution is 0.918. The normalized spacial score (nSPS) is 9.42. The molecule has 0 spiro atoms. The Labute approximate surface area is 71.1 Å². The molecule has 62 valence electrons. The van der Waals surface area contributed by atoms with Crippen molar-refractivity contribution < 1.29 is 0 Å². The first-order valence-electron chi connectivity index (χ1n) is 3.72. The van der Waals surface area contributed by atoms with Gasteiger partial charge in [0.25, 0.3) is 0 Å². The molecule has 0 aliphatic carbocycles. The van der Waals surface area contributed by atoms with Crippen LogP contribution in [0.5, 0.6) is 0 Å². The number of hydrogen-bond donors (Lipinski definition) is 1. The molecule has 1 aromatic rings. The van der Waals surface area contributed by atoms with E-state index >= 15 is 0 Å². The molecule has 0 fully saturated rings. The number of nitriles is 1.